The van der Waals surface area contributed by atoms with Crippen molar-refractivity contribution in [3.63, 3.8) is 0 Å². The van der Waals surface area contributed by atoms with Crippen molar-refractivity contribution in [2.75, 3.05) is 6.61 Å². The minimum absolute atomic E-state index is 0.00660. The maximum atomic E-state index is 12.5. The number of nitrogens with zero attached hydrogens (tertiary/aromatic N) is 1. The van der Waals surface area contributed by atoms with Gasteiger partial charge in [-0.15, -0.1) is 0 Å². The molecule has 0 unspecified atom stereocenters. The van der Waals surface area contributed by atoms with Gasteiger partial charge in [-0.05, 0) is 74.7 Å². The summed E-state index contributed by atoms with van der Waals surface area (Å²) in [5.41, 5.74) is -0.165. The molecule has 4 aliphatic carbocycles. The Morgan fingerprint density at radius 1 is 1.13 bits per heavy atom. The van der Waals surface area contributed by atoms with Crippen LogP contribution in [0.5, 0.6) is 0 Å². The maximum absolute atomic E-state index is 12.5. The highest BCUT2D eigenvalue weighted by Crippen LogP contribution is 2.61. The maximum Gasteiger partial charge on any atom is 0.359 e. The van der Waals surface area contributed by atoms with Gasteiger partial charge in [-0.2, -0.15) is 5.10 Å². The first-order chi connectivity index (χ1) is 14.4. The quantitative estimate of drug-likeness (QED) is 0.740. The van der Waals surface area contributed by atoms with Crippen molar-refractivity contribution in [1.82, 2.24) is 15.5 Å². The fourth-order valence-electron chi connectivity index (χ4n) is 6.61. The van der Waals surface area contributed by atoms with Gasteiger partial charge in [-0.1, -0.05) is 18.2 Å². The minimum Gasteiger partial charge on any atom is -0.451 e. The number of hydrogen-bond acceptors (Lipinski definition) is 5. The summed E-state index contributed by atoms with van der Waals surface area (Å²) in [4.78, 5) is 36.9. The molecular weight excluding hydrogens is 382 g/mol. The molecule has 7 heteroatoms. The van der Waals surface area contributed by atoms with Gasteiger partial charge >= 0.3 is 5.97 Å². The number of hydrogen-bond donors (Lipinski definition) is 2. The summed E-state index contributed by atoms with van der Waals surface area (Å²) in [6.07, 6.45) is 7.68. The van der Waals surface area contributed by atoms with E-state index in [4.69, 9.17) is 4.74 Å². The van der Waals surface area contributed by atoms with Crippen LogP contribution in [0.1, 0.15) is 55.9 Å². The number of esters is 1. The Morgan fingerprint density at radius 2 is 1.73 bits per heavy atom. The number of H-pyrrole nitrogens is 1. The number of aromatic amines is 1. The summed E-state index contributed by atoms with van der Waals surface area (Å²) in [5, 5.41) is 10.0. The van der Waals surface area contributed by atoms with Gasteiger partial charge in [-0.3, -0.25) is 9.59 Å². The number of benzene rings is 1. The van der Waals surface area contributed by atoms with Crippen LogP contribution in [0.4, 0.5) is 0 Å². The number of nitrogens with one attached hydrogen (secondary N) is 2. The number of aromatic nitrogens is 2. The van der Waals surface area contributed by atoms with Crippen LogP contribution in [-0.2, 0) is 9.53 Å². The molecule has 30 heavy (non-hydrogen) atoms. The van der Waals surface area contributed by atoms with Crippen molar-refractivity contribution in [2.45, 2.75) is 51.5 Å². The first-order valence-corrected chi connectivity index (χ1v) is 10.9. The van der Waals surface area contributed by atoms with E-state index in [9.17, 15) is 14.4 Å². The van der Waals surface area contributed by atoms with Crippen LogP contribution in [0.15, 0.2) is 29.1 Å². The Kier molecular flexibility index (Phi) is 4.64. The van der Waals surface area contributed by atoms with Gasteiger partial charge in [0.2, 0.25) is 0 Å². The molecular formula is C23H27N3O4. The second-order valence-corrected chi connectivity index (χ2v) is 9.59. The number of ether oxygens (including phenoxy) is 1. The summed E-state index contributed by atoms with van der Waals surface area (Å²) < 4.78 is 5.22. The van der Waals surface area contributed by atoms with Crippen molar-refractivity contribution < 1.29 is 14.3 Å². The van der Waals surface area contributed by atoms with Gasteiger partial charge in [0.1, 0.15) is 0 Å². The highest BCUT2D eigenvalue weighted by atomic mass is 16.5. The first kappa shape index (κ1) is 19.3. The molecule has 1 aromatic carbocycles. The molecule has 4 bridgehead atoms. The summed E-state index contributed by atoms with van der Waals surface area (Å²) in [6, 6.07) is 6.77. The van der Waals surface area contributed by atoms with E-state index in [0.29, 0.717) is 10.8 Å². The number of rotatable bonds is 5. The largest absolute Gasteiger partial charge is 0.451 e. The predicted octanol–water partition coefficient (Wildman–Crippen LogP) is 2.80. The van der Waals surface area contributed by atoms with Gasteiger partial charge in [0.05, 0.1) is 5.39 Å². The number of fused-ring (bicyclic) bond motifs is 1. The van der Waals surface area contributed by atoms with E-state index in [0.717, 1.165) is 17.8 Å². The Bertz CT molecular complexity index is 1020. The normalized spacial score (nSPS) is 30.2. The molecule has 0 saturated heterocycles. The van der Waals surface area contributed by atoms with Crippen molar-refractivity contribution in [1.29, 1.82) is 0 Å². The Balaban J connectivity index is 1.22. The lowest BCUT2D eigenvalue weighted by atomic mass is 9.48. The molecule has 1 heterocycles. The van der Waals surface area contributed by atoms with Crippen LogP contribution >= 0.6 is 0 Å². The van der Waals surface area contributed by atoms with Gasteiger partial charge in [0, 0.05) is 11.4 Å². The van der Waals surface area contributed by atoms with Crippen LogP contribution in [0.2, 0.25) is 0 Å². The van der Waals surface area contributed by atoms with E-state index in [1.54, 1.807) is 24.3 Å². The molecule has 4 aliphatic rings. The van der Waals surface area contributed by atoms with E-state index < -0.39 is 5.97 Å². The van der Waals surface area contributed by atoms with Crippen LogP contribution in [0.3, 0.4) is 0 Å². The molecule has 1 aromatic heterocycles. The third-order valence-corrected chi connectivity index (χ3v) is 7.61. The third kappa shape index (κ3) is 3.30. The van der Waals surface area contributed by atoms with Crippen molar-refractivity contribution >= 4 is 22.6 Å². The van der Waals surface area contributed by atoms with Gasteiger partial charge < -0.3 is 10.1 Å². The standard InChI is InChI=1S/C23H27N3O4/c1-13(23-9-14-6-15(10-23)8-16(7-14)11-23)24-19(27)12-30-22(29)20-17-4-2-3-5-18(17)21(28)26-25-20/h2-5,13-16H,6-12H2,1H3,(H,24,27)(H,26,28)/t13-,14?,15?,16?,23?/m0/s1. The van der Waals surface area contributed by atoms with E-state index >= 15 is 0 Å². The monoisotopic (exact) mass is 409 g/mol. The van der Waals surface area contributed by atoms with E-state index in [1.807, 2.05) is 0 Å². The number of carbonyl (C=O) groups excluding carboxylic acids is 2. The zero-order chi connectivity index (χ0) is 20.9. The zero-order valence-corrected chi connectivity index (χ0v) is 17.1. The Morgan fingerprint density at radius 3 is 2.37 bits per heavy atom. The minimum atomic E-state index is -0.722. The van der Waals surface area contributed by atoms with Crippen LogP contribution in [-0.4, -0.2) is 34.7 Å². The topological polar surface area (TPSA) is 101 Å². The molecule has 1 amide bonds. The number of carbonyl (C=O) groups is 2. The smallest absolute Gasteiger partial charge is 0.359 e. The Hall–Kier alpha value is -2.70. The first-order valence-electron chi connectivity index (χ1n) is 10.9. The zero-order valence-electron chi connectivity index (χ0n) is 17.1. The van der Waals surface area contributed by atoms with Crippen molar-refractivity contribution in [3.8, 4) is 0 Å². The Labute approximate surface area is 174 Å². The number of amides is 1. The molecule has 0 spiro atoms. The highest BCUT2D eigenvalue weighted by Gasteiger charge is 2.53. The van der Waals surface area contributed by atoms with Gasteiger partial charge in [0.15, 0.2) is 12.3 Å². The molecule has 7 nitrogen and oxygen atoms in total. The molecule has 1 atom stereocenters. The fraction of sp³-hybridized carbons (Fsp3) is 0.565. The van der Waals surface area contributed by atoms with Crippen molar-refractivity contribution in [3.05, 3.63) is 40.3 Å². The van der Waals surface area contributed by atoms with E-state index in [1.165, 1.54) is 38.5 Å². The fourth-order valence-corrected chi connectivity index (χ4v) is 6.61. The lowest BCUT2D eigenvalue weighted by Crippen LogP contribution is -2.56. The molecule has 4 fully saturated rings. The SMILES string of the molecule is C[C@H](NC(=O)COC(=O)c1n[nH]c(=O)c2ccccc12)C12CC3CC(CC(C3)C1)C2. The lowest BCUT2D eigenvalue weighted by molar-refractivity contribution is -0.128. The second-order valence-electron chi connectivity index (χ2n) is 9.59. The molecule has 0 radical (unpaired) electrons. The average Bonchev–Trinajstić information content (AvgIpc) is 2.71. The average molecular weight is 409 g/mol. The molecule has 158 valence electrons. The highest BCUT2D eigenvalue weighted by molar-refractivity contribution is 6.02. The summed E-state index contributed by atoms with van der Waals surface area (Å²) in [5.74, 6) is 1.43. The van der Waals surface area contributed by atoms with E-state index in [2.05, 4.69) is 22.4 Å². The summed E-state index contributed by atoms with van der Waals surface area (Å²) >= 11 is 0. The molecule has 2 N–H and O–H groups in total. The lowest BCUT2D eigenvalue weighted by Gasteiger charge is -2.59. The van der Waals surface area contributed by atoms with Gasteiger partial charge in [0.25, 0.3) is 11.5 Å². The molecule has 0 aliphatic heterocycles. The van der Waals surface area contributed by atoms with Crippen LogP contribution in [0, 0.1) is 23.2 Å². The molecule has 2 aromatic rings. The summed E-state index contributed by atoms with van der Waals surface area (Å²) in [7, 11) is 0. The van der Waals surface area contributed by atoms with Crippen LogP contribution < -0.4 is 10.9 Å². The summed E-state index contributed by atoms with van der Waals surface area (Å²) in [6.45, 7) is 1.74. The third-order valence-electron chi connectivity index (χ3n) is 7.61. The van der Waals surface area contributed by atoms with E-state index in [-0.39, 0.29) is 35.2 Å². The van der Waals surface area contributed by atoms with Crippen molar-refractivity contribution in [2.24, 2.45) is 23.2 Å². The molecule has 6 rings (SSSR count). The molecule has 4 saturated carbocycles. The second kappa shape index (κ2) is 7.22. The van der Waals surface area contributed by atoms with Gasteiger partial charge in [-0.25, -0.2) is 9.89 Å². The predicted molar refractivity (Wildman–Crippen MR) is 111 cm³/mol. The van der Waals surface area contributed by atoms with Crippen LogP contribution in [0.25, 0.3) is 10.8 Å².